The van der Waals surface area contributed by atoms with E-state index in [1.165, 1.54) is 36.5 Å². The number of carbonyl (C=O) groups is 2. The lowest BCUT2D eigenvalue weighted by Gasteiger charge is -2.21. The van der Waals surface area contributed by atoms with E-state index >= 15 is 0 Å². The number of sulfonamides is 1. The minimum atomic E-state index is -3.85. The molecule has 0 bridgehead atoms. The number of methoxy groups -OCH3 is 1. The molecule has 1 aliphatic heterocycles. The topological polar surface area (TPSA) is 102 Å². The molecule has 2 aromatic rings. The SMILES string of the molecule is COc1ccc(C(=O)O[C@H](C)C(=O)Nc2cccc(C)c2)cc1S(=O)(=O)N1CCCCCC1. The molecule has 1 saturated heterocycles. The van der Waals surface area contributed by atoms with Crippen molar-refractivity contribution in [1.82, 2.24) is 4.31 Å². The van der Waals surface area contributed by atoms with Crippen molar-refractivity contribution in [2.45, 2.75) is 50.5 Å². The number of nitrogens with zero attached hydrogens (tertiary/aromatic N) is 1. The smallest absolute Gasteiger partial charge is 0.338 e. The quantitative estimate of drug-likeness (QED) is 0.613. The molecule has 0 aromatic heterocycles. The average molecular weight is 475 g/mol. The highest BCUT2D eigenvalue weighted by Gasteiger charge is 2.30. The van der Waals surface area contributed by atoms with Gasteiger partial charge in [-0.05, 0) is 62.6 Å². The van der Waals surface area contributed by atoms with E-state index in [4.69, 9.17) is 9.47 Å². The van der Waals surface area contributed by atoms with E-state index in [2.05, 4.69) is 5.32 Å². The van der Waals surface area contributed by atoms with Crippen LogP contribution in [0.15, 0.2) is 47.4 Å². The molecule has 0 aliphatic carbocycles. The molecule has 9 heteroatoms. The molecular weight excluding hydrogens is 444 g/mol. The molecule has 1 N–H and O–H groups in total. The Morgan fingerprint density at radius 2 is 1.73 bits per heavy atom. The first-order valence-electron chi connectivity index (χ1n) is 11.0. The number of aryl methyl sites for hydroxylation is 1. The molecule has 0 unspecified atom stereocenters. The van der Waals surface area contributed by atoms with E-state index in [0.717, 1.165) is 31.2 Å². The van der Waals surface area contributed by atoms with Gasteiger partial charge in [0.2, 0.25) is 10.0 Å². The molecule has 1 amide bonds. The summed E-state index contributed by atoms with van der Waals surface area (Å²) in [4.78, 5) is 25.1. The van der Waals surface area contributed by atoms with Crippen LogP contribution in [0.5, 0.6) is 5.75 Å². The van der Waals surface area contributed by atoms with Gasteiger partial charge in [-0.3, -0.25) is 4.79 Å². The fourth-order valence-corrected chi connectivity index (χ4v) is 5.37. The summed E-state index contributed by atoms with van der Waals surface area (Å²) in [5, 5.41) is 2.70. The third-order valence-corrected chi connectivity index (χ3v) is 7.44. The van der Waals surface area contributed by atoms with Gasteiger partial charge in [0.1, 0.15) is 10.6 Å². The Labute approximate surface area is 194 Å². The van der Waals surface area contributed by atoms with Gasteiger partial charge in [-0.1, -0.05) is 25.0 Å². The minimum Gasteiger partial charge on any atom is -0.495 e. The Bertz CT molecular complexity index is 1110. The summed E-state index contributed by atoms with van der Waals surface area (Å²) in [6, 6.07) is 11.4. The van der Waals surface area contributed by atoms with Crippen LogP contribution in [0.2, 0.25) is 0 Å². The van der Waals surface area contributed by atoms with Gasteiger partial charge in [0, 0.05) is 18.8 Å². The van der Waals surface area contributed by atoms with E-state index in [1.54, 1.807) is 12.1 Å². The molecule has 0 spiro atoms. The lowest BCUT2D eigenvalue weighted by atomic mass is 10.2. The molecule has 0 saturated carbocycles. The van der Waals surface area contributed by atoms with Crippen molar-refractivity contribution in [1.29, 1.82) is 0 Å². The largest absolute Gasteiger partial charge is 0.495 e. The van der Waals surface area contributed by atoms with Crippen LogP contribution in [0.3, 0.4) is 0 Å². The zero-order valence-electron chi connectivity index (χ0n) is 19.2. The number of rotatable bonds is 7. The minimum absolute atomic E-state index is 0.0272. The highest BCUT2D eigenvalue weighted by atomic mass is 32.2. The number of anilines is 1. The van der Waals surface area contributed by atoms with Crippen molar-refractivity contribution >= 4 is 27.6 Å². The first-order chi connectivity index (χ1) is 15.7. The summed E-state index contributed by atoms with van der Waals surface area (Å²) in [6.45, 7) is 4.22. The van der Waals surface area contributed by atoms with Gasteiger partial charge in [-0.25, -0.2) is 13.2 Å². The van der Waals surface area contributed by atoms with Crippen molar-refractivity contribution in [2.24, 2.45) is 0 Å². The van der Waals surface area contributed by atoms with E-state index < -0.39 is 28.0 Å². The van der Waals surface area contributed by atoms with E-state index in [1.807, 2.05) is 19.1 Å². The average Bonchev–Trinajstić information content (AvgIpc) is 3.09. The molecule has 33 heavy (non-hydrogen) atoms. The van der Waals surface area contributed by atoms with Gasteiger partial charge in [0.15, 0.2) is 6.10 Å². The number of hydrogen-bond acceptors (Lipinski definition) is 6. The summed E-state index contributed by atoms with van der Waals surface area (Å²) in [6.07, 6.45) is 2.47. The fraction of sp³-hybridized carbons (Fsp3) is 0.417. The van der Waals surface area contributed by atoms with Gasteiger partial charge >= 0.3 is 5.97 Å². The van der Waals surface area contributed by atoms with Crippen molar-refractivity contribution in [2.75, 3.05) is 25.5 Å². The van der Waals surface area contributed by atoms with Gasteiger partial charge in [0.25, 0.3) is 5.91 Å². The van der Waals surface area contributed by atoms with Crippen LogP contribution >= 0.6 is 0 Å². The van der Waals surface area contributed by atoms with Crippen molar-refractivity contribution < 1.29 is 27.5 Å². The Balaban J connectivity index is 1.77. The number of ether oxygens (including phenoxy) is 2. The van der Waals surface area contributed by atoms with Crippen LogP contribution in [0.4, 0.5) is 5.69 Å². The summed E-state index contributed by atoms with van der Waals surface area (Å²) < 4.78 is 38.6. The third kappa shape index (κ3) is 6.11. The van der Waals surface area contributed by atoms with Gasteiger partial charge in [-0.2, -0.15) is 4.31 Å². The lowest BCUT2D eigenvalue weighted by molar-refractivity contribution is -0.123. The Morgan fingerprint density at radius 1 is 1.03 bits per heavy atom. The van der Waals surface area contributed by atoms with Crippen LogP contribution in [0, 0.1) is 6.92 Å². The maximum atomic E-state index is 13.3. The first kappa shape index (κ1) is 24.7. The molecule has 1 fully saturated rings. The maximum Gasteiger partial charge on any atom is 0.338 e. The molecule has 1 heterocycles. The lowest BCUT2D eigenvalue weighted by Crippen LogP contribution is -2.32. The number of carbonyl (C=O) groups excluding carboxylic acids is 2. The number of amides is 1. The molecule has 178 valence electrons. The number of hydrogen-bond donors (Lipinski definition) is 1. The molecular formula is C24H30N2O6S. The summed E-state index contributed by atoms with van der Waals surface area (Å²) in [7, 11) is -2.47. The monoisotopic (exact) mass is 474 g/mol. The summed E-state index contributed by atoms with van der Waals surface area (Å²) in [5.41, 5.74) is 1.60. The molecule has 8 nitrogen and oxygen atoms in total. The predicted molar refractivity (Wildman–Crippen MR) is 125 cm³/mol. The van der Waals surface area contributed by atoms with Crippen molar-refractivity contribution in [3.63, 3.8) is 0 Å². The molecule has 1 atom stereocenters. The van der Waals surface area contributed by atoms with Crippen molar-refractivity contribution in [3.8, 4) is 5.75 Å². The fourth-order valence-electron chi connectivity index (χ4n) is 3.68. The second-order valence-corrected chi connectivity index (χ2v) is 10.00. The zero-order valence-corrected chi connectivity index (χ0v) is 20.0. The summed E-state index contributed by atoms with van der Waals surface area (Å²) in [5.74, 6) is -1.13. The normalized spacial score (nSPS) is 15.8. The van der Waals surface area contributed by atoms with Crippen molar-refractivity contribution in [3.05, 3.63) is 53.6 Å². The third-order valence-electron chi connectivity index (χ3n) is 5.52. The Kier molecular flexibility index (Phi) is 8.10. The number of benzene rings is 2. The Morgan fingerprint density at radius 3 is 2.36 bits per heavy atom. The van der Waals surface area contributed by atoms with Crippen LogP contribution < -0.4 is 10.1 Å². The number of nitrogens with one attached hydrogen (secondary N) is 1. The number of esters is 1. The highest BCUT2D eigenvalue weighted by Crippen LogP contribution is 2.29. The predicted octanol–water partition coefficient (Wildman–Crippen LogP) is 3.75. The first-order valence-corrected chi connectivity index (χ1v) is 12.4. The molecule has 3 rings (SSSR count). The molecule has 0 radical (unpaired) electrons. The van der Waals surface area contributed by atoms with Crippen LogP contribution in [0.25, 0.3) is 0 Å². The van der Waals surface area contributed by atoms with Gasteiger partial charge in [-0.15, -0.1) is 0 Å². The molecule has 1 aliphatic rings. The zero-order chi connectivity index (χ0) is 24.0. The standard InChI is InChI=1S/C24H30N2O6S/c1-17-9-8-10-20(15-17)25-23(27)18(2)32-24(28)19-11-12-21(31-3)22(16-19)33(29,30)26-13-6-4-5-7-14-26/h8-12,15-16,18H,4-7,13-14H2,1-3H3,(H,25,27)/t18-/m1/s1. The van der Waals surface area contributed by atoms with Gasteiger partial charge < -0.3 is 14.8 Å². The summed E-state index contributed by atoms with van der Waals surface area (Å²) >= 11 is 0. The Hall–Kier alpha value is -2.91. The van der Waals surface area contributed by atoms with E-state index in [9.17, 15) is 18.0 Å². The van der Waals surface area contributed by atoms with E-state index in [-0.39, 0.29) is 16.2 Å². The second kappa shape index (κ2) is 10.8. The van der Waals surface area contributed by atoms with E-state index in [0.29, 0.717) is 18.8 Å². The second-order valence-electron chi connectivity index (χ2n) is 8.09. The molecule has 2 aromatic carbocycles. The highest BCUT2D eigenvalue weighted by molar-refractivity contribution is 7.89. The van der Waals surface area contributed by atoms with Gasteiger partial charge in [0.05, 0.1) is 12.7 Å². The van der Waals surface area contributed by atoms with Crippen LogP contribution in [-0.2, 0) is 19.6 Å². The van der Waals surface area contributed by atoms with Crippen LogP contribution in [-0.4, -0.2) is 50.9 Å². The van der Waals surface area contributed by atoms with Crippen LogP contribution in [0.1, 0.15) is 48.5 Å². The maximum absolute atomic E-state index is 13.3.